The van der Waals surface area contributed by atoms with E-state index in [-0.39, 0.29) is 25.0 Å². The summed E-state index contributed by atoms with van der Waals surface area (Å²) in [6.07, 6.45) is 1.22. The highest BCUT2D eigenvalue weighted by Crippen LogP contribution is 2.21. The van der Waals surface area contributed by atoms with Crippen LogP contribution in [0.1, 0.15) is 27.1 Å². The Bertz CT molecular complexity index is 585. The van der Waals surface area contributed by atoms with Gasteiger partial charge in [-0.25, -0.2) is 0 Å². The van der Waals surface area contributed by atoms with Crippen molar-refractivity contribution in [1.29, 1.82) is 0 Å². The minimum Gasteiger partial charge on any atom is -0.379 e. The lowest BCUT2D eigenvalue weighted by molar-refractivity contribution is -0.109. The molecule has 1 aliphatic rings. The van der Waals surface area contributed by atoms with Crippen LogP contribution in [0.15, 0.2) is 24.3 Å². The number of hydrogen-bond acceptors (Lipinski definition) is 7. The lowest BCUT2D eigenvalue weighted by Gasteiger charge is -2.13. The third-order valence-corrected chi connectivity index (χ3v) is 3.83. The highest BCUT2D eigenvalue weighted by molar-refractivity contribution is 6.21. The Kier molecular flexibility index (Phi) is 9.64. The molecule has 0 bridgehead atoms. The molecule has 148 valence electrons. The van der Waals surface area contributed by atoms with E-state index < -0.39 is 0 Å². The van der Waals surface area contributed by atoms with Gasteiger partial charge in [-0.2, -0.15) is 0 Å². The smallest absolute Gasteiger partial charge is 0.261 e. The first-order valence-electron chi connectivity index (χ1n) is 8.95. The van der Waals surface area contributed by atoms with Crippen LogP contribution in [0.2, 0.25) is 0 Å². The summed E-state index contributed by atoms with van der Waals surface area (Å²) in [5.41, 5.74) is 0.889. The Morgan fingerprint density at radius 1 is 0.704 bits per heavy atom. The highest BCUT2D eigenvalue weighted by atomic mass is 16.6. The van der Waals surface area contributed by atoms with Crippen molar-refractivity contribution in [2.45, 2.75) is 6.42 Å². The molecule has 1 aliphatic heterocycles. The van der Waals surface area contributed by atoms with Crippen molar-refractivity contribution in [1.82, 2.24) is 4.90 Å². The van der Waals surface area contributed by atoms with Gasteiger partial charge in [-0.05, 0) is 12.1 Å². The van der Waals surface area contributed by atoms with E-state index in [1.807, 2.05) is 0 Å². The Balaban J connectivity index is 1.43. The summed E-state index contributed by atoms with van der Waals surface area (Å²) in [5.74, 6) is -0.550. The first kappa shape index (κ1) is 21.2. The molecular weight excluding hydrogens is 354 g/mol. The van der Waals surface area contributed by atoms with E-state index in [1.165, 1.54) is 4.90 Å². The minimum atomic E-state index is -0.275. The van der Waals surface area contributed by atoms with Crippen LogP contribution in [-0.2, 0) is 23.7 Å². The molecule has 0 saturated heterocycles. The summed E-state index contributed by atoms with van der Waals surface area (Å²) in [4.78, 5) is 35.6. The number of hydrogen-bond donors (Lipinski definition) is 0. The van der Waals surface area contributed by atoms with Crippen LogP contribution in [-0.4, -0.2) is 82.4 Å². The van der Waals surface area contributed by atoms with Gasteiger partial charge in [0.15, 0.2) is 0 Å². The zero-order valence-corrected chi connectivity index (χ0v) is 15.3. The fraction of sp³-hybridized carbons (Fsp3) is 0.526. The van der Waals surface area contributed by atoms with E-state index in [9.17, 15) is 14.4 Å². The molecule has 0 fully saturated rings. The van der Waals surface area contributed by atoms with E-state index in [0.29, 0.717) is 63.8 Å². The second-order valence-electron chi connectivity index (χ2n) is 5.71. The molecular formula is C19H25NO7. The topological polar surface area (TPSA) is 91.4 Å². The summed E-state index contributed by atoms with van der Waals surface area (Å²) in [6.45, 7) is 3.49. The Labute approximate surface area is 158 Å². The zero-order chi connectivity index (χ0) is 19.3. The first-order valence-corrected chi connectivity index (χ1v) is 8.95. The quantitative estimate of drug-likeness (QED) is 0.254. The number of nitrogens with zero attached hydrogens (tertiary/aromatic N) is 1. The van der Waals surface area contributed by atoms with Crippen LogP contribution in [0, 0.1) is 0 Å². The second kappa shape index (κ2) is 12.3. The van der Waals surface area contributed by atoms with Crippen molar-refractivity contribution in [3.05, 3.63) is 35.4 Å². The molecule has 0 spiro atoms. The van der Waals surface area contributed by atoms with E-state index in [2.05, 4.69) is 0 Å². The summed E-state index contributed by atoms with van der Waals surface area (Å²) in [5, 5.41) is 0. The van der Waals surface area contributed by atoms with E-state index >= 15 is 0 Å². The maximum absolute atomic E-state index is 12.2. The van der Waals surface area contributed by atoms with Crippen LogP contribution < -0.4 is 0 Å². The molecule has 2 amide bonds. The number of rotatable bonds is 15. The maximum atomic E-state index is 12.2. The van der Waals surface area contributed by atoms with Crippen LogP contribution in [0.25, 0.3) is 0 Å². The predicted octanol–water partition coefficient (Wildman–Crippen LogP) is 0.938. The fourth-order valence-corrected chi connectivity index (χ4v) is 2.49. The predicted molar refractivity (Wildman–Crippen MR) is 95.8 cm³/mol. The molecule has 0 aliphatic carbocycles. The normalized spacial score (nSPS) is 13.3. The second-order valence-corrected chi connectivity index (χ2v) is 5.71. The molecule has 0 saturated carbocycles. The third-order valence-electron chi connectivity index (χ3n) is 3.83. The Morgan fingerprint density at radius 3 is 1.63 bits per heavy atom. The maximum Gasteiger partial charge on any atom is 0.261 e. The van der Waals surface area contributed by atoms with Crippen molar-refractivity contribution >= 4 is 18.1 Å². The Hall–Kier alpha value is -2.13. The van der Waals surface area contributed by atoms with Gasteiger partial charge < -0.3 is 23.7 Å². The van der Waals surface area contributed by atoms with Crippen molar-refractivity contribution in [2.24, 2.45) is 0 Å². The largest absolute Gasteiger partial charge is 0.379 e. The number of aldehydes is 1. The summed E-state index contributed by atoms with van der Waals surface area (Å²) in [7, 11) is 0. The van der Waals surface area contributed by atoms with Crippen molar-refractivity contribution in [2.75, 3.05) is 59.4 Å². The average molecular weight is 379 g/mol. The van der Waals surface area contributed by atoms with E-state index in [0.717, 1.165) is 6.29 Å². The number of amides is 2. The summed E-state index contributed by atoms with van der Waals surface area (Å²) >= 11 is 0. The third kappa shape index (κ3) is 6.84. The number of carbonyl (C=O) groups is 3. The van der Waals surface area contributed by atoms with Crippen molar-refractivity contribution in [3.63, 3.8) is 0 Å². The first-order chi connectivity index (χ1) is 13.3. The van der Waals surface area contributed by atoms with Crippen LogP contribution in [0.5, 0.6) is 0 Å². The van der Waals surface area contributed by atoms with E-state index in [4.69, 9.17) is 18.9 Å². The van der Waals surface area contributed by atoms with Gasteiger partial charge >= 0.3 is 0 Å². The van der Waals surface area contributed by atoms with Crippen LogP contribution in [0.3, 0.4) is 0 Å². The van der Waals surface area contributed by atoms with Gasteiger partial charge in [-0.15, -0.1) is 0 Å². The number of carbonyl (C=O) groups excluding carboxylic acids is 3. The molecule has 0 atom stereocenters. The minimum absolute atomic E-state index is 0.222. The van der Waals surface area contributed by atoms with Gasteiger partial charge in [0.05, 0.1) is 70.5 Å². The highest BCUT2D eigenvalue weighted by Gasteiger charge is 2.34. The lowest BCUT2D eigenvalue weighted by atomic mass is 10.1. The van der Waals surface area contributed by atoms with Gasteiger partial charge in [0.2, 0.25) is 0 Å². The monoisotopic (exact) mass is 379 g/mol. The fourth-order valence-electron chi connectivity index (χ4n) is 2.49. The van der Waals surface area contributed by atoms with Gasteiger partial charge in [0.1, 0.15) is 6.29 Å². The lowest BCUT2D eigenvalue weighted by Crippen LogP contribution is -2.33. The molecule has 1 heterocycles. The summed E-state index contributed by atoms with van der Waals surface area (Å²) < 4.78 is 21.2. The van der Waals surface area contributed by atoms with E-state index in [1.54, 1.807) is 24.3 Å². The molecule has 0 radical (unpaired) electrons. The molecule has 1 aromatic rings. The van der Waals surface area contributed by atoms with Gasteiger partial charge in [-0.3, -0.25) is 14.5 Å². The molecule has 0 unspecified atom stereocenters. The summed E-state index contributed by atoms with van der Waals surface area (Å²) in [6, 6.07) is 6.80. The number of imide groups is 1. The molecule has 8 heteroatoms. The number of fused-ring (bicyclic) bond motifs is 1. The van der Waals surface area contributed by atoms with Crippen molar-refractivity contribution < 1.29 is 33.3 Å². The standard InChI is InChI=1S/C19H25NO7/c21-7-3-8-24-10-12-26-14-15-27-13-11-25-9-6-20-18(22)16-4-1-2-5-17(16)19(20)23/h1-2,4-5,7H,3,6,8-15H2. The van der Waals surface area contributed by atoms with Gasteiger partial charge in [0, 0.05) is 6.42 Å². The van der Waals surface area contributed by atoms with Gasteiger partial charge in [-0.1, -0.05) is 12.1 Å². The molecule has 0 N–H and O–H groups in total. The van der Waals surface area contributed by atoms with Crippen molar-refractivity contribution in [3.8, 4) is 0 Å². The molecule has 8 nitrogen and oxygen atoms in total. The molecule has 2 rings (SSSR count). The molecule has 0 aromatic heterocycles. The Morgan fingerprint density at radius 2 is 1.15 bits per heavy atom. The number of ether oxygens (including phenoxy) is 4. The van der Waals surface area contributed by atoms with Gasteiger partial charge in [0.25, 0.3) is 11.8 Å². The van der Waals surface area contributed by atoms with Crippen LogP contribution in [0.4, 0.5) is 0 Å². The zero-order valence-electron chi connectivity index (χ0n) is 15.3. The number of benzene rings is 1. The SMILES string of the molecule is O=CCCOCCOCCOCCOCCN1C(=O)c2ccccc2C1=O. The van der Waals surface area contributed by atoms with Crippen LogP contribution >= 0.6 is 0 Å². The molecule has 1 aromatic carbocycles. The average Bonchev–Trinajstić information content (AvgIpc) is 2.93. The molecule has 27 heavy (non-hydrogen) atoms.